The van der Waals surface area contributed by atoms with Crippen LogP contribution in [0.4, 0.5) is 10.5 Å². The van der Waals surface area contributed by atoms with E-state index in [1.54, 1.807) is 24.3 Å². The first-order valence-electron chi connectivity index (χ1n) is 8.21. The van der Waals surface area contributed by atoms with Crippen molar-refractivity contribution in [2.75, 3.05) is 24.8 Å². The number of aryl methyl sites for hydroxylation is 2. The number of ether oxygens (including phenoxy) is 2. The molecule has 0 saturated heterocycles. The van der Waals surface area contributed by atoms with Gasteiger partial charge in [-0.05, 0) is 44.2 Å². The van der Waals surface area contributed by atoms with Gasteiger partial charge in [-0.3, -0.25) is 14.9 Å². The molecule has 0 bridgehead atoms. The van der Waals surface area contributed by atoms with Crippen LogP contribution in [0.5, 0.6) is 5.75 Å². The van der Waals surface area contributed by atoms with Crippen LogP contribution in [-0.2, 0) is 14.3 Å². The third-order valence-corrected chi connectivity index (χ3v) is 4.07. The highest BCUT2D eigenvalue weighted by atomic mass is 32.2. The number of carbonyl (C=O) groups is 3. The highest BCUT2D eigenvalue weighted by Crippen LogP contribution is 2.15. The molecule has 148 valence electrons. The van der Waals surface area contributed by atoms with Crippen molar-refractivity contribution in [2.24, 2.45) is 0 Å². The number of carbonyl (C=O) groups excluding carboxylic acids is 3. The van der Waals surface area contributed by atoms with Crippen LogP contribution in [0.15, 0.2) is 35.5 Å². The zero-order valence-electron chi connectivity index (χ0n) is 15.6. The molecule has 0 aliphatic carbocycles. The minimum absolute atomic E-state index is 0.0474. The van der Waals surface area contributed by atoms with Crippen molar-refractivity contribution in [3.63, 3.8) is 0 Å². The van der Waals surface area contributed by atoms with Crippen molar-refractivity contribution in [2.45, 2.75) is 19.0 Å². The van der Waals surface area contributed by atoms with Gasteiger partial charge in [0.1, 0.15) is 5.75 Å². The van der Waals surface area contributed by atoms with Crippen LogP contribution in [0.25, 0.3) is 0 Å². The van der Waals surface area contributed by atoms with Crippen molar-refractivity contribution in [1.82, 2.24) is 15.3 Å². The van der Waals surface area contributed by atoms with E-state index in [9.17, 15) is 14.4 Å². The molecule has 3 amide bonds. The van der Waals surface area contributed by atoms with Crippen molar-refractivity contribution < 1.29 is 23.9 Å². The Morgan fingerprint density at radius 1 is 1.07 bits per heavy atom. The van der Waals surface area contributed by atoms with Crippen LogP contribution in [0.2, 0.25) is 0 Å². The molecule has 2 aromatic rings. The summed E-state index contributed by atoms with van der Waals surface area (Å²) in [5, 5.41) is 5.01. The fourth-order valence-electron chi connectivity index (χ4n) is 2.07. The topological polar surface area (TPSA) is 120 Å². The van der Waals surface area contributed by atoms with E-state index < -0.39 is 24.5 Å². The number of benzene rings is 1. The number of nitrogens with zero attached hydrogens (tertiary/aromatic N) is 2. The summed E-state index contributed by atoms with van der Waals surface area (Å²) in [6.45, 7) is 3.10. The summed E-state index contributed by atoms with van der Waals surface area (Å²) < 4.78 is 9.86. The van der Waals surface area contributed by atoms with Gasteiger partial charge in [0.15, 0.2) is 11.8 Å². The molecule has 0 radical (unpaired) electrons. The molecule has 0 saturated carbocycles. The number of hydrogen-bond donors (Lipinski definition) is 2. The van der Waals surface area contributed by atoms with Crippen molar-refractivity contribution >= 4 is 35.4 Å². The molecule has 2 rings (SSSR count). The van der Waals surface area contributed by atoms with Gasteiger partial charge < -0.3 is 14.8 Å². The van der Waals surface area contributed by atoms with E-state index in [1.165, 1.54) is 7.11 Å². The number of nitrogens with one attached hydrogen (secondary N) is 2. The molecule has 2 N–H and O–H groups in total. The lowest BCUT2D eigenvalue weighted by molar-refractivity contribution is -0.145. The number of amides is 3. The molecule has 0 fully saturated rings. The standard InChI is InChI=1S/C18H20N4O5S/c1-11-8-12(2)20-18(19-11)28-10-16(24)27-9-15(23)22-17(25)21-13-4-6-14(26-3)7-5-13/h4-8H,9-10H2,1-3H3,(H2,21,22,23,25). The maximum absolute atomic E-state index is 11.8. The fourth-order valence-corrected chi connectivity index (χ4v) is 2.82. The van der Waals surface area contributed by atoms with Gasteiger partial charge in [0.05, 0.1) is 12.9 Å². The van der Waals surface area contributed by atoms with Crippen LogP contribution >= 0.6 is 11.8 Å². The number of hydrogen-bond acceptors (Lipinski definition) is 8. The van der Waals surface area contributed by atoms with Crippen LogP contribution in [-0.4, -0.2) is 47.3 Å². The van der Waals surface area contributed by atoms with E-state index >= 15 is 0 Å². The molecule has 0 atom stereocenters. The molecule has 1 aromatic carbocycles. The first-order valence-corrected chi connectivity index (χ1v) is 9.20. The number of esters is 1. The highest BCUT2D eigenvalue weighted by Gasteiger charge is 2.12. The summed E-state index contributed by atoms with van der Waals surface area (Å²) in [7, 11) is 1.53. The Bertz CT molecular complexity index is 837. The third-order valence-electron chi connectivity index (χ3n) is 3.25. The number of methoxy groups -OCH3 is 1. The number of aromatic nitrogens is 2. The molecular formula is C18H20N4O5S. The Hall–Kier alpha value is -3.14. The van der Waals surface area contributed by atoms with E-state index in [-0.39, 0.29) is 5.75 Å². The van der Waals surface area contributed by atoms with Crippen molar-refractivity contribution in [3.05, 3.63) is 41.7 Å². The molecule has 0 spiro atoms. The van der Waals surface area contributed by atoms with Crippen LogP contribution in [0.3, 0.4) is 0 Å². The Morgan fingerprint density at radius 3 is 2.32 bits per heavy atom. The largest absolute Gasteiger partial charge is 0.497 e. The average molecular weight is 404 g/mol. The minimum Gasteiger partial charge on any atom is -0.497 e. The second-order valence-electron chi connectivity index (χ2n) is 5.61. The molecule has 1 heterocycles. The average Bonchev–Trinajstić information content (AvgIpc) is 2.64. The predicted octanol–water partition coefficient (Wildman–Crippen LogP) is 2.09. The summed E-state index contributed by atoms with van der Waals surface area (Å²) in [6, 6.07) is 7.66. The zero-order chi connectivity index (χ0) is 20.5. The highest BCUT2D eigenvalue weighted by molar-refractivity contribution is 7.99. The van der Waals surface area contributed by atoms with E-state index in [4.69, 9.17) is 9.47 Å². The van der Waals surface area contributed by atoms with Crippen LogP contribution in [0, 0.1) is 13.8 Å². The number of anilines is 1. The molecule has 9 nitrogen and oxygen atoms in total. The molecule has 0 aliphatic rings. The predicted molar refractivity (Wildman–Crippen MR) is 103 cm³/mol. The van der Waals surface area contributed by atoms with Gasteiger partial charge in [0.25, 0.3) is 5.91 Å². The first-order chi connectivity index (χ1) is 13.4. The molecule has 10 heteroatoms. The Morgan fingerprint density at radius 2 is 1.71 bits per heavy atom. The number of thioether (sulfide) groups is 1. The lowest BCUT2D eigenvalue weighted by Crippen LogP contribution is -2.37. The van der Waals surface area contributed by atoms with Gasteiger partial charge in [-0.2, -0.15) is 0 Å². The number of imide groups is 1. The summed E-state index contributed by atoms with van der Waals surface area (Å²) in [5.41, 5.74) is 2.07. The third kappa shape index (κ3) is 7.23. The van der Waals surface area contributed by atoms with E-state index in [1.807, 2.05) is 19.9 Å². The molecule has 0 aliphatic heterocycles. The Labute approximate surface area is 166 Å². The second kappa shape index (κ2) is 10.3. The molecule has 1 aromatic heterocycles. The zero-order valence-corrected chi connectivity index (χ0v) is 16.5. The van der Waals surface area contributed by atoms with Gasteiger partial charge in [-0.1, -0.05) is 11.8 Å². The number of urea groups is 1. The molecular weight excluding hydrogens is 384 g/mol. The summed E-state index contributed by atoms with van der Waals surface area (Å²) in [5.74, 6) is -0.766. The quantitative estimate of drug-likeness (QED) is 0.409. The maximum Gasteiger partial charge on any atom is 0.325 e. The fraction of sp³-hybridized carbons (Fsp3) is 0.278. The second-order valence-corrected chi connectivity index (χ2v) is 6.56. The van der Waals surface area contributed by atoms with Crippen LogP contribution < -0.4 is 15.4 Å². The Balaban J connectivity index is 1.70. The first kappa shape index (κ1) is 21.2. The summed E-state index contributed by atoms with van der Waals surface area (Å²) >= 11 is 1.11. The van der Waals surface area contributed by atoms with Crippen LogP contribution in [0.1, 0.15) is 11.4 Å². The molecule has 28 heavy (non-hydrogen) atoms. The van der Waals surface area contributed by atoms with Crippen molar-refractivity contribution in [3.8, 4) is 5.75 Å². The van der Waals surface area contributed by atoms with Gasteiger partial charge >= 0.3 is 12.0 Å². The van der Waals surface area contributed by atoms with Crippen molar-refractivity contribution in [1.29, 1.82) is 0 Å². The van der Waals surface area contributed by atoms with Gasteiger partial charge in [0, 0.05) is 17.1 Å². The smallest absolute Gasteiger partial charge is 0.325 e. The van der Waals surface area contributed by atoms with E-state index in [2.05, 4.69) is 20.6 Å². The maximum atomic E-state index is 11.8. The Kier molecular flexibility index (Phi) is 7.76. The normalized spacial score (nSPS) is 10.1. The minimum atomic E-state index is -0.744. The van der Waals surface area contributed by atoms with E-state index in [0.29, 0.717) is 16.6 Å². The summed E-state index contributed by atoms with van der Waals surface area (Å²) in [4.78, 5) is 43.6. The van der Waals surface area contributed by atoms with E-state index in [0.717, 1.165) is 23.1 Å². The lowest BCUT2D eigenvalue weighted by atomic mass is 10.3. The SMILES string of the molecule is COc1ccc(NC(=O)NC(=O)COC(=O)CSc2nc(C)cc(C)n2)cc1. The monoisotopic (exact) mass is 404 g/mol. The van der Waals surface area contributed by atoms with Gasteiger partial charge in [-0.25, -0.2) is 14.8 Å². The number of rotatable bonds is 7. The molecule has 0 unspecified atom stereocenters. The lowest BCUT2D eigenvalue weighted by Gasteiger charge is -2.08. The summed E-state index contributed by atoms with van der Waals surface area (Å²) in [6.07, 6.45) is 0. The van der Waals surface area contributed by atoms with Gasteiger partial charge in [-0.15, -0.1) is 0 Å². The van der Waals surface area contributed by atoms with Gasteiger partial charge in [0.2, 0.25) is 0 Å².